The van der Waals surface area contributed by atoms with E-state index in [1.165, 1.54) is 21.6 Å². The quantitative estimate of drug-likeness (QED) is 0.231. The van der Waals surface area contributed by atoms with Crippen LogP contribution in [0.4, 0.5) is 4.39 Å². The van der Waals surface area contributed by atoms with E-state index in [4.69, 9.17) is 4.74 Å². The van der Waals surface area contributed by atoms with Crippen molar-refractivity contribution in [2.75, 3.05) is 6.61 Å². The summed E-state index contributed by atoms with van der Waals surface area (Å²) in [5, 5.41) is 6.12. The first-order chi connectivity index (χ1) is 15.9. The Labute approximate surface area is 214 Å². The van der Waals surface area contributed by atoms with Gasteiger partial charge in [0.15, 0.2) is 6.36 Å². The summed E-state index contributed by atoms with van der Waals surface area (Å²) in [7, 11) is -4.38. The first kappa shape index (κ1) is 29.4. The van der Waals surface area contributed by atoms with Crippen LogP contribution in [0.1, 0.15) is 25.7 Å². The third-order valence-corrected chi connectivity index (χ3v) is 17.9. The van der Waals surface area contributed by atoms with Crippen LogP contribution in [0.25, 0.3) is 0 Å². The number of rotatable bonds is 14. The van der Waals surface area contributed by atoms with Crippen molar-refractivity contribution in [1.29, 1.82) is 0 Å². The minimum atomic E-state index is -1.48. The average Bonchev–Trinajstić information content (AvgIpc) is 2.79. The van der Waals surface area contributed by atoms with Crippen LogP contribution in [0.3, 0.4) is 0 Å². The SMILES string of the molecule is C[SiH](C)c1ccc([Si](C)(C)CCCCC(F)OCCC[Si](C)(C)c2ccc([SiH](C)C)cc2)cc1. The van der Waals surface area contributed by atoms with Crippen LogP contribution in [-0.4, -0.2) is 46.7 Å². The molecule has 0 aliphatic carbocycles. The predicted molar refractivity (Wildman–Crippen MR) is 163 cm³/mol. The average molecular weight is 533 g/mol. The van der Waals surface area contributed by atoms with Gasteiger partial charge in [-0.2, -0.15) is 0 Å². The van der Waals surface area contributed by atoms with Crippen molar-refractivity contribution in [3.05, 3.63) is 48.5 Å². The van der Waals surface area contributed by atoms with Crippen molar-refractivity contribution in [3.63, 3.8) is 0 Å². The molecule has 2 rings (SSSR count). The molecule has 2 aromatic rings. The lowest BCUT2D eigenvalue weighted by molar-refractivity contribution is -0.0440. The Kier molecular flexibility index (Phi) is 11.7. The molecule has 34 heavy (non-hydrogen) atoms. The van der Waals surface area contributed by atoms with E-state index in [1.807, 2.05) is 0 Å². The molecule has 0 amide bonds. The van der Waals surface area contributed by atoms with Crippen molar-refractivity contribution in [3.8, 4) is 0 Å². The second-order valence-corrected chi connectivity index (χ2v) is 27.6. The fraction of sp³-hybridized carbons (Fsp3) is 0.571. The largest absolute Gasteiger partial charge is 0.348 e. The fourth-order valence-electron chi connectivity index (χ4n) is 4.61. The van der Waals surface area contributed by atoms with Gasteiger partial charge in [-0.3, -0.25) is 0 Å². The number of halogens is 1. The summed E-state index contributed by atoms with van der Waals surface area (Å²) >= 11 is 0. The summed E-state index contributed by atoms with van der Waals surface area (Å²) < 4.78 is 19.9. The van der Waals surface area contributed by atoms with Crippen molar-refractivity contribution in [1.82, 2.24) is 0 Å². The molecular weight excluding hydrogens is 484 g/mol. The molecule has 0 spiro atoms. The number of alkyl halides is 1. The lowest BCUT2D eigenvalue weighted by Gasteiger charge is -2.24. The zero-order valence-corrected chi connectivity index (χ0v) is 27.4. The fourth-order valence-corrected chi connectivity index (χ4v) is 11.4. The van der Waals surface area contributed by atoms with Gasteiger partial charge in [0, 0.05) is 13.0 Å². The molecular formula is C28H49FOSi4. The molecule has 6 heteroatoms. The third-order valence-electron chi connectivity index (χ3n) is 7.45. The molecule has 0 bridgehead atoms. The maximum absolute atomic E-state index is 14.3. The molecule has 0 fully saturated rings. The molecule has 190 valence electrons. The Hall–Kier alpha value is -0.802. The van der Waals surface area contributed by atoms with Gasteiger partial charge in [0.1, 0.15) is 0 Å². The number of hydrogen-bond acceptors (Lipinski definition) is 1. The van der Waals surface area contributed by atoms with Gasteiger partial charge < -0.3 is 4.74 Å². The summed E-state index contributed by atoms with van der Waals surface area (Å²) in [5.41, 5.74) is 0. The van der Waals surface area contributed by atoms with Gasteiger partial charge in [-0.25, -0.2) is 4.39 Å². The molecule has 1 atom stereocenters. The van der Waals surface area contributed by atoms with Crippen molar-refractivity contribution < 1.29 is 9.13 Å². The molecule has 0 saturated heterocycles. The standard InChI is InChI=1S/C28H49FOSi4/c1-31(2)24-13-17-26(18-14-24)33(5,6)22-10-9-12-28(29)30-21-11-23-34(7,8)27-19-15-25(16-20-27)32(3)4/h13-20,28,31-32H,9-12,21-23H2,1-8H3. The van der Waals surface area contributed by atoms with Gasteiger partial charge in [-0.15, -0.1) is 0 Å². The summed E-state index contributed by atoms with van der Waals surface area (Å²) in [6, 6.07) is 21.1. The van der Waals surface area contributed by atoms with E-state index < -0.39 is 40.1 Å². The zero-order chi connectivity index (χ0) is 25.4. The Bertz CT molecular complexity index is 776. The molecule has 0 aliphatic heterocycles. The molecule has 0 N–H and O–H groups in total. The second kappa shape index (κ2) is 13.5. The highest BCUT2D eigenvalue weighted by Gasteiger charge is 2.24. The third kappa shape index (κ3) is 9.34. The minimum Gasteiger partial charge on any atom is -0.348 e. The Balaban J connectivity index is 1.66. The van der Waals surface area contributed by atoms with Crippen molar-refractivity contribution in [2.45, 2.75) is 96.5 Å². The van der Waals surface area contributed by atoms with E-state index in [0.29, 0.717) is 13.0 Å². The number of benzene rings is 2. The van der Waals surface area contributed by atoms with Crippen LogP contribution in [0, 0.1) is 0 Å². The Morgan fingerprint density at radius 1 is 0.676 bits per heavy atom. The van der Waals surface area contributed by atoms with E-state index in [-0.39, 0.29) is 0 Å². The summed E-state index contributed by atoms with van der Waals surface area (Å²) in [6.45, 7) is 19.8. The van der Waals surface area contributed by atoms with E-state index in [0.717, 1.165) is 25.3 Å². The van der Waals surface area contributed by atoms with E-state index in [9.17, 15) is 4.39 Å². The molecule has 1 unspecified atom stereocenters. The van der Waals surface area contributed by atoms with Crippen LogP contribution in [0.5, 0.6) is 0 Å². The molecule has 0 aliphatic rings. The monoisotopic (exact) mass is 532 g/mol. The first-order valence-electron chi connectivity index (χ1n) is 13.4. The lowest BCUT2D eigenvalue weighted by atomic mass is 10.2. The highest BCUT2D eigenvalue weighted by molar-refractivity contribution is 6.90. The van der Waals surface area contributed by atoms with Gasteiger partial charge in [0.25, 0.3) is 0 Å². The smallest absolute Gasteiger partial charge is 0.198 e. The Morgan fingerprint density at radius 3 is 1.50 bits per heavy atom. The van der Waals surface area contributed by atoms with Crippen LogP contribution < -0.4 is 20.7 Å². The van der Waals surface area contributed by atoms with Crippen molar-refractivity contribution >= 4 is 54.5 Å². The second-order valence-electron chi connectivity index (χ2n) is 12.0. The molecule has 0 saturated carbocycles. The van der Waals surface area contributed by atoms with Gasteiger partial charge in [0.05, 0.1) is 33.7 Å². The van der Waals surface area contributed by atoms with Gasteiger partial charge in [-0.05, 0) is 12.8 Å². The van der Waals surface area contributed by atoms with Crippen LogP contribution >= 0.6 is 0 Å². The maximum Gasteiger partial charge on any atom is 0.198 e. The molecule has 0 heterocycles. The molecule has 1 nitrogen and oxygen atoms in total. The summed E-state index contributed by atoms with van der Waals surface area (Å²) in [6.07, 6.45) is 2.39. The van der Waals surface area contributed by atoms with Crippen molar-refractivity contribution in [2.24, 2.45) is 0 Å². The highest BCUT2D eigenvalue weighted by Crippen LogP contribution is 2.18. The van der Waals surface area contributed by atoms with Crippen LogP contribution in [0.2, 0.25) is 64.5 Å². The molecule has 2 aromatic carbocycles. The molecule has 0 radical (unpaired) electrons. The van der Waals surface area contributed by atoms with Crippen LogP contribution in [0.15, 0.2) is 48.5 Å². The van der Waals surface area contributed by atoms with E-state index in [2.05, 4.69) is 101 Å². The molecule has 0 aromatic heterocycles. The summed E-state index contributed by atoms with van der Waals surface area (Å²) in [5.74, 6) is 0. The number of ether oxygens (including phenoxy) is 1. The first-order valence-corrected chi connectivity index (χ1v) is 25.6. The Morgan fingerprint density at radius 2 is 1.09 bits per heavy atom. The maximum atomic E-state index is 14.3. The number of unbranched alkanes of at least 4 members (excludes halogenated alkanes) is 1. The zero-order valence-electron chi connectivity index (χ0n) is 23.1. The predicted octanol–water partition coefficient (Wildman–Crippen LogP) is 5.48. The normalized spacial score (nSPS) is 13.6. The van der Waals surface area contributed by atoms with E-state index in [1.54, 1.807) is 5.19 Å². The lowest BCUT2D eigenvalue weighted by Crippen LogP contribution is -2.42. The number of hydrogen-bond donors (Lipinski definition) is 0. The van der Waals surface area contributed by atoms with Crippen LogP contribution in [-0.2, 0) is 4.74 Å². The van der Waals surface area contributed by atoms with Gasteiger partial charge >= 0.3 is 0 Å². The highest BCUT2D eigenvalue weighted by atomic mass is 28.3. The van der Waals surface area contributed by atoms with Gasteiger partial charge in [0.2, 0.25) is 0 Å². The van der Waals surface area contributed by atoms with E-state index >= 15 is 0 Å². The van der Waals surface area contributed by atoms with Gasteiger partial charge in [-0.1, -0.05) is 140 Å². The topological polar surface area (TPSA) is 9.23 Å². The summed E-state index contributed by atoms with van der Waals surface area (Å²) in [4.78, 5) is 0. The minimum absolute atomic E-state index is 0.531.